The Balaban J connectivity index is 2.33. The summed E-state index contributed by atoms with van der Waals surface area (Å²) in [6.07, 6.45) is 0. The Bertz CT molecular complexity index is 528. The van der Waals surface area contributed by atoms with Gasteiger partial charge in [-0.05, 0) is 26.0 Å². The highest BCUT2D eigenvalue weighted by Gasteiger charge is 2.23. The van der Waals surface area contributed by atoms with Gasteiger partial charge < -0.3 is 10.2 Å². The van der Waals surface area contributed by atoms with Crippen molar-refractivity contribution in [2.24, 2.45) is 0 Å². The molecule has 0 spiro atoms. The van der Waals surface area contributed by atoms with E-state index in [0.717, 1.165) is 18.8 Å². The van der Waals surface area contributed by atoms with E-state index in [2.05, 4.69) is 24.1 Å². The van der Waals surface area contributed by atoms with Crippen LogP contribution in [0, 0.1) is 21.4 Å². The molecule has 2 atom stereocenters. The third-order valence-electron chi connectivity index (χ3n) is 3.22. The number of nitrogens with zero attached hydrogens (tertiary/aromatic N) is 3. The summed E-state index contributed by atoms with van der Waals surface area (Å²) >= 11 is 0. The summed E-state index contributed by atoms with van der Waals surface area (Å²) < 4.78 is 0. The standard InChI is InChI=1S/C13H16N4O2/c1-9-7-16(8-10(2)15-9)12-4-3-11(6-14)13(5-12)17(18)19/h3-5,9-10,15H,7-8H2,1-2H3/t9-,10+. The minimum absolute atomic E-state index is 0.102. The fourth-order valence-corrected chi connectivity index (χ4v) is 2.50. The lowest BCUT2D eigenvalue weighted by Crippen LogP contribution is -2.54. The van der Waals surface area contributed by atoms with Crippen LogP contribution in [-0.4, -0.2) is 30.1 Å². The van der Waals surface area contributed by atoms with E-state index < -0.39 is 4.92 Å². The normalized spacial score (nSPS) is 22.9. The Morgan fingerprint density at radius 3 is 2.58 bits per heavy atom. The molecule has 6 nitrogen and oxygen atoms in total. The molecule has 6 heteroatoms. The summed E-state index contributed by atoms with van der Waals surface area (Å²) in [4.78, 5) is 12.6. The summed E-state index contributed by atoms with van der Waals surface area (Å²) in [6.45, 7) is 5.77. The topological polar surface area (TPSA) is 82.2 Å². The van der Waals surface area contributed by atoms with Gasteiger partial charge in [0.15, 0.2) is 0 Å². The Kier molecular flexibility index (Phi) is 3.67. The van der Waals surface area contributed by atoms with E-state index in [1.165, 1.54) is 12.1 Å². The molecule has 1 aliphatic rings. The fourth-order valence-electron chi connectivity index (χ4n) is 2.50. The zero-order chi connectivity index (χ0) is 14.0. The van der Waals surface area contributed by atoms with Crippen LogP contribution in [0.25, 0.3) is 0 Å². The second kappa shape index (κ2) is 5.24. The van der Waals surface area contributed by atoms with Crippen LogP contribution in [0.15, 0.2) is 18.2 Å². The van der Waals surface area contributed by atoms with Crippen LogP contribution in [0.3, 0.4) is 0 Å². The highest BCUT2D eigenvalue weighted by atomic mass is 16.6. The van der Waals surface area contributed by atoms with Crippen LogP contribution < -0.4 is 10.2 Å². The highest BCUT2D eigenvalue weighted by molar-refractivity contribution is 5.60. The van der Waals surface area contributed by atoms with Gasteiger partial charge in [0.05, 0.1) is 4.92 Å². The van der Waals surface area contributed by atoms with Crippen molar-refractivity contribution in [2.45, 2.75) is 25.9 Å². The molecule has 1 N–H and O–H groups in total. The van der Waals surface area contributed by atoms with Crippen LogP contribution in [0.2, 0.25) is 0 Å². The maximum absolute atomic E-state index is 11.0. The molecule has 100 valence electrons. The van der Waals surface area contributed by atoms with Crippen LogP contribution in [0.1, 0.15) is 19.4 Å². The van der Waals surface area contributed by atoms with Crippen LogP contribution in [0.5, 0.6) is 0 Å². The molecule has 0 radical (unpaired) electrons. The van der Waals surface area contributed by atoms with E-state index in [-0.39, 0.29) is 11.3 Å². The van der Waals surface area contributed by atoms with E-state index in [9.17, 15) is 10.1 Å². The molecular weight excluding hydrogens is 244 g/mol. The summed E-state index contributed by atoms with van der Waals surface area (Å²) in [7, 11) is 0. The largest absolute Gasteiger partial charge is 0.368 e. The first-order valence-electron chi connectivity index (χ1n) is 6.21. The number of rotatable bonds is 2. The minimum atomic E-state index is -0.503. The van der Waals surface area contributed by atoms with Gasteiger partial charge in [0, 0.05) is 36.9 Å². The average molecular weight is 260 g/mol. The van der Waals surface area contributed by atoms with Gasteiger partial charge in [-0.2, -0.15) is 5.26 Å². The van der Waals surface area contributed by atoms with Crippen molar-refractivity contribution < 1.29 is 4.92 Å². The van der Waals surface area contributed by atoms with Gasteiger partial charge >= 0.3 is 0 Å². The molecule has 1 fully saturated rings. The Morgan fingerprint density at radius 2 is 2.05 bits per heavy atom. The Hall–Kier alpha value is -2.13. The van der Waals surface area contributed by atoms with Gasteiger partial charge in [-0.25, -0.2) is 0 Å². The van der Waals surface area contributed by atoms with Gasteiger partial charge in [0.2, 0.25) is 0 Å². The van der Waals surface area contributed by atoms with Gasteiger partial charge in [-0.3, -0.25) is 10.1 Å². The molecule has 1 aromatic rings. The predicted molar refractivity (Wildman–Crippen MR) is 72.1 cm³/mol. The molecule has 0 amide bonds. The van der Waals surface area contributed by atoms with Gasteiger partial charge in [-0.15, -0.1) is 0 Å². The number of piperazine rings is 1. The lowest BCUT2D eigenvalue weighted by Gasteiger charge is -2.37. The van der Waals surface area contributed by atoms with Crippen molar-refractivity contribution >= 4 is 11.4 Å². The third kappa shape index (κ3) is 2.83. The van der Waals surface area contributed by atoms with Gasteiger partial charge in [0.1, 0.15) is 11.6 Å². The average Bonchev–Trinajstić information content (AvgIpc) is 2.36. The number of nitro benzene ring substituents is 1. The second-order valence-corrected chi connectivity index (χ2v) is 4.94. The number of benzene rings is 1. The lowest BCUT2D eigenvalue weighted by molar-refractivity contribution is -0.385. The maximum atomic E-state index is 11.0. The fraction of sp³-hybridized carbons (Fsp3) is 0.462. The van der Waals surface area contributed by atoms with Crippen molar-refractivity contribution in [3.05, 3.63) is 33.9 Å². The molecule has 0 bridgehead atoms. The number of nitrogens with one attached hydrogen (secondary N) is 1. The van der Waals surface area contributed by atoms with Crippen molar-refractivity contribution in [1.82, 2.24) is 5.32 Å². The maximum Gasteiger partial charge on any atom is 0.289 e. The molecule has 0 unspecified atom stereocenters. The van der Waals surface area contributed by atoms with Crippen LogP contribution in [-0.2, 0) is 0 Å². The van der Waals surface area contributed by atoms with Crippen molar-refractivity contribution in [1.29, 1.82) is 5.26 Å². The van der Waals surface area contributed by atoms with Crippen molar-refractivity contribution in [2.75, 3.05) is 18.0 Å². The summed E-state index contributed by atoms with van der Waals surface area (Å²) in [5, 5.41) is 23.3. The molecule has 1 heterocycles. The molecule has 2 rings (SSSR count). The van der Waals surface area contributed by atoms with Crippen LogP contribution in [0.4, 0.5) is 11.4 Å². The number of hydrogen-bond donors (Lipinski definition) is 1. The van der Waals surface area contributed by atoms with E-state index in [4.69, 9.17) is 5.26 Å². The molecular formula is C13H16N4O2. The first-order valence-corrected chi connectivity index (χ1v) is 6.21. The summed E-state index contributed by atoms with van der Waals surface area (Å²) in [5.41, 5.74) is 0.773. The summed E-state index contributed by atoms with van der Waals surface area (Å²) in [5.74, 6) is 0. The monoisotopic (exact) mass is 260 g/mol. The lowest BCUT2D eigenvalue weighted by atomic mass is 10.1. The second-order valence-electron chi connectivity index (χ2n) is 4.94. The molecule has 0 aliphatic carbocycles. The molecule has 19 heavy (non-hydrogen) atoms. The SMILES string of the molecule is C[C@@H]1CN(c2ccc(C#N)c([N+](=O)[O-])c2)C[C@H](C)N1. The molecule has 1 aliphatic heterocycles. The Labute approximate surface area is 111 Å². The quantitative estimate of drug-likeness (QED) is 0.646. The number of nitriles is 1. The van der Waals surface area contributed by atoms with Gasteiger partial charge in [0.25, 0.3) is 5.69 Å². The number of hydrogen-bond acceptors (Lipinski definition) is 5. The number of anilines is 1. The van der Waals surface area contributed by atoms with Crippen molar-refractivity contribution in [3.8, 4) is 6.07 Å². The van der Waals surface area contributed by atoms with E-state index in [0.29, 0.717) is 12.1 Å². The molecule has 0 aromatic heterocycles. The zero-order valence-corrected chi connectivity index (χ0v) is 11.0. The molecule has 0 saturated carbocycles. The Morgan fingerprint density at radius 1 is 1.42 bits per heavy atom. The highest BCUT2D eigenvalue weighted by Crippen LogP contribution is 2.26. The van der Waals surface area contributed by atoms with Crippen LogP contribution >= 0.6 is 0 Å². The minimum Gasteiger partial charge on any atom is -0.368 e. The third-order valence-corrected chi connectivity index (χ3v) is 3.22. The zero-order valence-electron chi connectivity index (χ0n) is 11.0. The van der Waals surface area contributed by atoms with E-state index in [1.807, 2.05) is 6.07 Å². The van der Waals surface area contributed by atoms with Crippen molar-refractivity contribution in [3.63, 3.8) is 0 Å². The predicted octanol–water partition coefficient (Wildman–Crippen LogP) is 1.65. The molecule has 1 aromatic carbocycles. The van der Waals surface area contributed by atoms with Gasteiger partial charge in [-0.1, -0.05) is 0 Å². The first-order chi connectivity index (χ1) is 9.01. The number of nitro groups is 1. The summed E-state index contributed by atoms with van der Waals surface area (Å²) in [6, 6.07) is 7.30. The van der Waals surface area contributed by atoms with E-state index >= 15 is 0 Å². The van der Waals surface area contributed by atoms with E-state index in [1.54, 1.807) is 6.07 Å². The first kappa shape index (κ1) is 13.3. The molecule has 1 saturated heterocycles. The smallest absolute Gasteiger partial charge is 0.289 e.